The number of halogens is 1. The van der Waals surface area contributed by atoms with Crippen LogP contribution in [0, 0.1) is 0 Å². The van der Waals surface area contributed by atoms with Crippen LogP contribution in [0.4, 0.5) is 0 Å². The monoisotopic (exact) mass is 355 g/mol. The van der Waals surface area contributed by atoms with E-state index >= 15 is 0 Å². The van der Waals surface area contributed by atoms with Crippen molar-refractivity contribution in [3.63, 3.8) is 0 Å². The van der Waals surface area contributed by atoms with Crippen LogP contribution in [0.25, 0.3) is 0 Å². The van der Waals surface area contributed by atoms with Gasteiger partial charge in [-0.25, -0.2) is 0 Å². The average molecular weight is 356 g/mol. The van der Waals surface area contributed by atoms with Gasteiger partial charge in [-0.3, -0.25) is 9.48 Å². The molecule has 0 atom stereocenters. The molecule has 0 aliphatic rings. The number of rotatable bonds is 6. The first-order chi connectivity index (χ1) is 12.1. The smallest absolute Gasteiger partial charge is 0.251 e. The lowest BCUT2D eigenvalue weighted by atomic mass is 10.1. The zero-order valence-corrected chi connectivity index (χ0v) is 14.5. The molecule has 2 aromatic carbocycles. The molecule has 3 aromatic rings. The normalized spacial score (nSPS) is 10.5. The van der Waals surface area contributed by atoms with Crippen molar-refractivity contribution in [2.45, 2.75) is 13.2 Å². The third-order valence-corrected chi connectivity index (χ3v) is 3.86. The molecule has 0 spiro atoms. The van der Waals surface area contributed by atoms with Crippen molar-refractivity contribution in [2.75, 3.05) is 0 Å². The third kappa shape index (κ3) is 4.84. The van der Waals surface area contributed by atoms with Crippen LogP contribution in [-0.2, 0) is 20.2 Å². The van der Waals surface area contributed by atoms with E-state index in [1.165, 1.54) is 0 Å². The van der Waals surface area contributed by atoms with E-state index in [0.29, 0.717) is 23.7 Å². The van der Waals surface area contributed by atoms with Gasteiger partial charge in [-0.1, -0.05) is 23.7 Å². The average Bonchev–Trinajstić information content (AvgIpc) is 3.05. The minimum absolute atomic E-state index is 0.140. The maximum Gasteiger partial charge on any atom is 0.251 e. The second-order valence-corrected chi connectivity index (χ2v) is 6.04. The molecular formula is C19H18ClN3O2. The Morgan fingerprint density at radius 3 is 2.72 bits per heavy atom. The van der Waals surface area contributed by atoms with Gasteiger partial charge >= 0.3 is 0 Å². The molecule has 0 bridgehead atoms. The van der Waals surface area contributed by atoms with Gasteiger partial charge in [-0.05, 0) is 48.0 Å². The van der Waals surface area contributed by atoms with Gasteiger partial charge in [0.25, 0.3) is 5.91 Å². The van der Waals surface area contributed by atoms with Gasteiger partial charge in [0, 0.05) is 23.8 Å². The Morgan fingerprint density at radius 2 is 2.00 bits per heavy atom. The maximum atomic E-state index is 12.3. The van der Waals surface area contributed by atoms with Gasteiger partial charge in [-0.15, -0.1) is 0 Å². The number of aromatic nitrogens is 2. The Labute approximate surface area is 151 Å². The fourth-order valence-electron chi connectivity index (χ4n) is 2.33. The van der Waals surface area contributed by atoms with Crippen molar-refractivity contribution >= 4 is 17.5 Å². The van der Waals surface area contributed by atoms with E-state index in [1.807, 2.05) is 49.6 Å². The summed E-state index contributed by atoms with van der Waals surface area (Å²) in [4.78, 5) is 12.3. The molecule has 0 aliphatic carbocycles. The highest BCUT2D eigenvalue weighted by Crippen LogP contribution is 2.17. The van der Waals surface area contributed by atoms with Gasteiger partial charge in [-0.2, -0.15) is 5.10 Å². The Hall–Kier alpha value is -2.79. The zero-order valence-electron chi connectivity index (χ0n) is 13.8. The number of benzene rings is 2. The largest absolute Gasteiger partial charge is 0.489 e. The highest BCUT2D eigenvalue weighted by molar-refractivity contribution is 6.30. The van der Waals surface area contributed by atoms with E-state index in [-0.39, 0.29) is 5.91 Å². The quantitative estimate of drug-likeness (QED) is 0.735. The summed E-state index contributed by atoms with van der Waals surface area (Å²) in [5.74, 6) is 0.591. The fraction of sp³-hybridized carbons (Fsp3) is 0.158. The number of aryl methyl sites for hydroxylation is 1. The summed E-state index contributed by atoms with van der Waals surface area (Å²) in [5, 5.41) is 7.77. The van der Waals surface area contributed by atoms with Crippen LogP contribution in [0.5, 0.6) is 5.75 Å². The first kappa shape index (κ1) is 17.0. The molecule has 25 heavy (non-hydrogen) atoms. The van der Waals surface area contributed by atoms with Gasteiger partial charge < -0.3 is 10.1 Å². The second-order valence-electron chi connectivity index (χ2n) is 5.61. The van der Waals surface area contributed by atoms with E-state index in [0.717, 1.165) is 17.0 Å². The first-order valence-electron chi connectivity index (χ1n) is 7.84. The van der Waals surface area contributed by atoms with Crippen molar-refractivity contribution in [1.29, 1.82) is 0 Å². The van der Waals surface area contributed by atoms with E-state index < -0.39 is 0 Å². The number of nitrogens with one attached hydrogen (secondary N) is 1. The van der Waals surface area contributed by atoms with Crippen LogP contribution < -0.4 is 10.1 Å². The van der Waals surface area contributed by atoms with E-state index in [9.17, 15) is 4.79 Å². The van der Waals surface area contributed by atoms with Crippen molar-refractivity contribution < 1.29 is 9.53 Å². The Kier molecular flexibility index (Phi) is 5.36. The molecule has 0 saturated carbocycles. The highest BCUT2D eigenvalue weighted by atomic mass is 35.5. The predicted octanol–water partition coefficient (Wildman–Crippen LogP) is 3.58. The molecule has 0 radical (unpaired) electrons. The van der Waals surface area contributed by atoms with Crippen molar-refractivity contribution in [3.05, 3.63) is 82.6 Å². The number of amides is 1. The molecule has 5 nitrogen and oxygen atoms in total. The summed E-state index contributed by atoms with van der Waals surface area (Å²) in [6.07, 6.45) is 1.84. The summed E-state index contributed by atoms with van der Waals surface area (Å²) < 4.78 is 7.42. The van der Waals surface area contributed by atoms with Gasteiger partial charge in [0.05, 0.1) is 12.2 Å². The molecule has 0 fully saturated rings. The van der Waals surface area contributed by atoms with Crippen molar-refractivity contribution in [3.8, 4) is 5.75 Å². The highest BCUT2D eigenvalue weighted by Gasteiger charge is 2.07. The van der Waals surface area contributed by atoms with Gasteiger partial charge in [0.1, 0.15) is 12.4 Å². The van der Waals surface area contributed by atoms with Crippen LogP contribution in [0.15, 0.2) is 60.8 Å². The summed E-state index contributed by atoms with van der Waals surface area (Å²) >= 11 is 5.85. The molecule has 0 unspecified atom stereocenters. The van der Waals surface area contributed by atoms with Crippen LogP contribution in [0.3, 0.4) is 0 Å². The first-order valence-corrected chi connectivity index (χ1v) is 8.22. The fourth-order valence-corrected chi connectivity index (χ4v) is 2.46. The number of hydrogen-bond acceptors (Lipinski definition) is 3. The molecule has 0 aliphatic heterocycles. The third-order valence-electron chi connectivity index (χ3n) is 3.61. The standard InChI is InChI=1S/C19H18ClN3O2/c1-23-10-9-17(22-23)12-21-19(24)15-4-2-3-14(11-15)13-25-18-7-5-16(20)6-8-18/h2-11H,12-13H2,1H3,(H,21,24). The molecule has 1 amide bonds. The Morgan fingerprint density at radius 1 is 1.20 bits per heavy atom. The van der Waals surface area contributed by atoms with Crippen LogP contribution in [-0.4, -0.2) is 15.7 Å². The minimum atomic E-state index is -0.140. The maximum absolute atomic E-state index is 12.3. The number of carbonyl (C=O) groups excluding carboxylic acids is 1. The van der Waals surface area contributed by atoms with Crippen LogP contribution in [0.2, 0.25) is 5.02 Å². The molecule has 6 heteroatoms. The Bertz CT molecular complexity index is 859. The van der Waals surface area contributed by atoms with Crippen molar-refractivity contribution in [1.82, 2.24) is 15.1 Å². The molecule has 1 heterocycles. The lowest BCUT2D eigenvalue weighted by Gasteiger charge is -2.08. The van der Waals surface area contributed by atoms with E-state index in [4.69, 9.17) is 16.3 Å². The second kappa shape index (κ2) is 7.85. The van der Waals surface area contributed by atoms with E-state index in [1.54, 1.807) is 22.9 Å². The van der Waals surface area contributed by atoms with Gasteiger partial charge in [0.15, 0.2) is 0 Å². The predicted molar refractivity (Wildman–Crippen MR) is 96.6 cm³/mol. The van der Waals surface area contributed by atoms with E-state index in [2.05, 4.69) is 10.4 Å². The lowest BCUT2D eigenvalue weighted by Crippen LogP contribution is -2.23. The molecule has 1 aromatic heterocycles. The summed E-state index contributed by atoms with van der Waals surface area (Å²) in [5.41, 5.74) is 2.33. The number of carbonyl (C=O) groups is 1. The van der Waals surface area contributed by atoms with Crippen molar-refractivity contribution in [2.24, 2.45) is 7.05 Å². The molecule has 0 saturated heterocycles. The zero-order chi connectivity index (χ0) is 17.6. The molecule has 3 rings (SSSR count). The molecular weight excluding hydrogens is 338 g/mol. The minimum Gasteiger partial charge on any atom is -0.489 e. The molecule has 1 N–H and O–H groups in total. The van der Waals surface area contributed by atoms with Gasteiger partial charge in [0.2, 0.25) is 0 Å². The van der Waals surface area contributed by atoms with Crippen LogP contribution >= 0.6 is 11.6 Å². The number of hydrogen-bond donors (Lipinski definition) is 1. The number of ether oxygens (including phenoxy) is 1. The van der Waals surface area contributed by atoms with Crippen LogP contribution in [0.1, 0.15) is 21.6 Å². The lowest BCUT2D eigenvalue weighted by molar-refractivity contribution is 0.0950. The summed E-state index contributed by atoms with van der Waals surface area (Å²) in [6, 6.07) is 16.4. The summed E-state index contributed by atoms with van der Waals surface area (Å²) in [6.45, 7) is 0.772. The number of nitrogens with zero attached hydrogens (tertiary/aromatic N) is 2. The topological polar surface area (TPSA) is 56.2 Å². The Balaban J connectivity index is 1.58. The summed E-state index contributed by atoms with van der Waals surface area (Å²) in [7, 11) is 1.84. The SMILES string of the molecule is Cn1ccc(CNC(=O)c2cccc(COc3ccc(Cl)cc3)c2)n1. The molecule has 128 valence electrons.